The molecule has 0 saturated carbocycles. The molecule has 1 atom stereocenters. The maximum atomic E-state index is 5.95. The molecule has 1 N–H and O–H groups in total. The molecule has 2 rings (SSSR count). The molecule has 3 heteroatoms. The Kier molecular flexibility index (Phi) is 4.88. The third-order valence-electron chi connectivity index (χ3n) is 4.04. The number of benzene rings is 1. The van der Waals surface area contributed by atoms with Crippen molar-refractivity contribution in [1.29, 1.82) is 0 Å². The molecule has 2 nitrogen and oxygen atoms in total. The van der Waals surface area contributed by atoms with Crippen molar-refractivity contribution < 1.29 is 0 Å². The molecule has 0 radical (unpaired) electrons. The van der Waals surface area contributed by atoms with Crippen LogP contribution in [-0.4, -0.2) is 29.6 Å². The lowest BCUT2D eigenvalue weighted by molar-refractivity contribution is 0.0564. The van der Waals surface area contributed by atoms with Crippen LogP contribution >= 0.6 is 11.6 Å². The molecule has 0 spiro atoms. The molecule has 0 aromatic heterocycles. The highest BCUT2D eigenvalue weighted by Gasteiger charge is 2.33. The van der Waals surface area contributed by atoms with E-state index in [-0.39, 0.29) is 5.54 Å². The molecule has 1 aromatic rings. The molecule has 0 bridgehead atoms. The summed E-state index contributed by atoms with van der Waals surface area (Å²) in [4.78, 5) is 2.59. The van der Waals surface area contributed by atoms with Gasteiger partial charge in [0.1, 0.15) is 0 Å². The Bertz CT molecular complexity index is 400. The predicted octanol–water partition coefficient (Wildman–Crippen LogP) is 3.69. The van der Waals surface area contributed by atoms with Crippen molar-refractivity contribution in [2.45, 2.75) is 51.7 Å². The Hall–Kier alpha value is -0.570. The summed E-state index contributed by atoms with van der Waals surface area (Å²) in [6.45, 7) is 10.1. The van der Waals surface area contributed by atoms with Crippen molar-refractivity contribution in [3.05, 3.63) is 34.9 Å². The van der Waals surface area contributed by atoms with Gasteiger partial charge in [-0.2, -0.15) is 0 Å². The second-order valence-electron chi connectivity index (χ2n) is 6.19. The number of nitrogens with zero attached hydrogens (tertiary/aromatic N) is 1. The smallest absolute Gasteiger partial charge is 0.0406 e. The summed E-state index contributed by atoms with van der Waals surface area (Å²) < 4.78 is 0. The first-order chi connectivity index (χ1) is 9.01. The maximum absolute atomic E-state index is 5.95. The minimum atomic E-state index is 0.212. The number of hydrogen-bond donors (Lipinski definition) is 1. The maximum Gasteiger partial charge on any atom is 0.0406 e. The quantitative estimate of drug-likeness (QED) is 0.905. The molecule has 1 aliphatic heterocycles. The summed E-state index contributed by atoms with van der Waals surface area (Å²) in [6.07, 6.45) is 2.50. The van der Waals surface area contributed by atoms with E-state index in [1.54, 1.807) is 0 Å². The number of halogens is 1. The van der Waals surface area contributed by atoms with Crippen LogP contribution in [0.1, 0.15) is 39.2 Å². The van der Waals surface area contributed by atoms with Crippen LogP contribution < -0.4 is 5.32 Å². The van der Waals surface area contributed by atoms with Gasteiger partial charge in [-0.25, -0.2) is 0 Å². The highest BCUT2D eigenvalue weighted by Crippen LogP contribution is 2.23. The molecule has 0 amide bonds. The van der Waals surface area contributed by atoms with Gasteiger partial charge in [0.15, 0.2) is 0 Å². The topological polar surface area (TPSA) is 15.3 Å². The van der Waals surface area contributed by atoms with Gasteiger partial charge in [0, 0.05) is 36.2 Å². The molecular weight excluding hydrogens is 256 g/mol. The van der Waals surface area contributed by atoms with E-state index in [1.807, 2.05) is 12.1 Å². The average Bonchev–Trinajstić information content (AvgIpc) is 2.37. The lowest BCUT2D eigenvalue weighted by Crippen LogP contribution is -2.61. The van der Waals surface area contributed by atoms with Crippen LogP contribution in [0.25, 0.3) is 0 Å². The van der Waals surface area contributed by atoms with E-state index in [0.717, 1.165) is 24.7 Å². The van der Waals surface area contributed by atoms with Gasteiger partial charge in [0.2, 0.25) is 0 Å². The van der Waals surface area contributed by atoms with E-state index in [9.17, 15) is 0 Å². The molecule has 1 aromatic carbocycles. The number of piperazine rings is 1. The first kappa shape index (κ1) is 14.8. The second-order valence-corrected chi connectivity index (χ2v) is 6.62. The second kappa shape index (κ2) is 6.25. The van der Waals surface area contributed by atoms with Gasteiger partial charge in [-0.05, 0) is 38.0 Å². The van der Waals surface area contributed by atoms with Gasteiger partial charge in [0.25, 0.3) is 0 Å². The van der Waals surface area contributed by atoms with Crippen molar-refractivity contribution in [3.8, 4) is 0 Å². The minimum Gasteiger partial charge on any atom is -0.311 e. The fourth-order valence-electron chi connectivity index (χ4n) is 2.71. The Balaban J connectivity index is 2.04. The zero-order valence-corrected chi connectivity index (χ0v) is 13.0. The van der Waals surface area contributed by atoms with Crippen molar-refractivity contribution in [2.75, 3.05) is 13.1 Å². The Labute approximate surface area is 122 Å². The van der Waals surface area contributed by atoms with Crippen molar-refractivity contribution in [2.24, 2.45) is 0 Å². The fourth-order valence-corrected chi connectivity index (χ4v) is 2.84. The van der Waals surface area contributed by atoms with Crippen molar-refractivity contribution in [3.63, 3.8) is 0 Å². The van der Waals surface area contributed by atoms with Gasteiger partial charge in [-0.1, -0.05) is 37.1 Å². The summed E-state index contributed by atoms with van der Waals surface area (Å²) in [6, 6.07) is 8.86. The monoisotopic (exact) mass is 280 g/mol. The zero-order chi connectivity index (χ0) is 13.9. The molecule has 1 fully saturated rings. The van der Waals surface area contributed by atoms with E-state index < -0.39 is 0 Å². The lowest BCUT2D eigenvalue weighted by atomic mass is 9.95. The SMILES string of the molecule is CCCC1CN(Cc2ccc(Cl)cc2)C(C)(C)CN1. The van der Waals surface area contributed by atoms with Gasteiger partial charge < -0.3 is 5.32 Å². The molecule has 1 unspecified atom stereocenters. The predicted molar refractivity (Wildman–Crippen MR) is 82.6 cm³/mol. The number of nitrogens with one attached hydrogen (secondary N) is 1. The van der Waals surface area contributed by atoms with Crippen LogP contribution in [0.5, 0.6) is 0 Å². The first-order valence-electron chi connectivity index (χ1n) is 7.24. The fraction of sp³-hybridized carbons (Fsp3) is 0.625. The summed E-state index contributed by atoms with van der Waals surface area (Å²) in [7, 11) is 0. The molecule has 1 aliphatic rings. The third-order valence-corrected chi connectivity index (χ3v) is 4.30. The van der Waals surface area contributed by atoms with Gasteiger partial charge in [-0.15, -0.1) is 0 Å². The Morgan fingerprint density at radius 2 is 2.00 bits per heavy atom. The van der Waals surface area contributed by atoms with E-state index in [4.69, 9.17) is 11.6 Å². The average molecular weight is 281 g/mol. The normalized spacial score (nSPS) is 23.5. The number of hydrogen-bond acceptors (Lipinski definition) is 2. The van der Waals surface area contributed by atoms with Crippen LogP contribution in [0.15, 0.2) is 24.3 Å². The molecule has 106 valence electrons. The molecular formula is C16H25ClN2. The van der Waals surface area contributed by atoms with Crippen LogP contribution in [0.4, 0.5) is 0 Å². The van der Waals surface area contributed by atoms with E-state index in [1.165, 1.54) is 18.4 Å². The third kappa shape index (κ3) is 3.95. The standard InChI is InChI=1S/C16H25ClN2/c1-4-5-15-11-19(16(2,3)12-18-15)10-13-6-8-14(17)9-7-13/h6-9,15,18H,4-5,10-12H2,1-3H3. The van der Waals surface area contributed by atoms with Crippen LogP contribution in [0.3, 0.4) is 0 Å². The summed E-state index contributed by atoms with van der Waals surface area (Å²) >= 11 is 5.95. The van der Waals surface area contributed by atoms with Crippen LogP contribution in [-0.2, 0) is 6.54 Å². The Morgan fingerprint density at radius 3 is 2.63 bits per heavy atom. The van der Waals surface area contributed by atoms with Crippen LogP contribution in [0, 0.1) is 0 Å². The summed E-state index contributed by atoms with van der Waals surface area (Å²) in [5, 5.41) is 4.48. The minimum absolute atomic E-state index is 0.212. The van der Waals surface area contributed by atoms with Gasteiger partial charge in [0.05, 0.1) is 0 Å². The molecule has 1 saturated heterocycles. The number of rotatable bonds is 4. The first-order valence-corrected chi connectivity index (χ1v) is 7.62. The van der Waals surface area contributed by atoms with Crippen molar-refractivity contribution in [1.82, 2.24) is 10.2 Å². The van der Waals surface area contributed by atoms with Crippen molar-refractivity contribution >= 4 is 11.6 Å². The van der Waals surface area contributed by atoms with Gasteiger partial charge >= 0.3 is 0 Å². The zero-order valence-electron chi connectivity index (χ0n) is 12.2. The molecule has 1 heterocycles. The molecule has 0 aliphatic carbocycles. The highest BCUT2D eigenvalue weighted by atomic mass is 35.5. The lowest BCUT2D eigenvalue weighted by Gasteiger charge is -2.46. The van der Waals surface area contributed by atoms with E-state index in [2.05, 4.69) is 43.1 Å². The van der Waals surface area contributed by atoms with Crippen LogP contribution in [0.2, 0.25) is 5.02 Å². The molecule has 19 heavy (non-hydrogen) atoms. The summed E-state index contributed by atoms with van der Waals surface area (Å²) in [5.41, 5.74) is 1.55. The highest BCUT2D eigenvalue weighted by molar-refractivity contribution is 6.30. The summed E-state index contributed by atoms with van der Waals surface area (Å²) in [5.74, 6) is 0. The Morgan fingerprint density at radius 1 is 1.32 bits per heavy atom. The largest absolute Gasteiger partial charge is 0.311 e. The van der Waals surface area contributed by atoms with E-state index in [0.29, 0.717) is 6.04 Å². The van der Waals surface area contributed by atoms with Gasteiger partial charge in [-0.3, -0.25) is 4.90 Å². The van der Waals surface area contributed by atoms with E-state index >= 15 is 0 Å².